The number of aromatic nitrogens is 2. The largest absolute Gasteiger partial charge is 0.372 e. The number of aromatic amines is 1. The number of aryl methyl sites for hydroxylation is 1. The van der Waals surface area contributed by atoms with Crippen LogP contribution in [0.25, 0.3) is 0 Å². The van der Waals surface area contributed by atoms with E-state index in [1.54, 1.807) is 12.1 Å². The topological polar surface area (TPSA) is 112 Å². The van der Waals surface area contributed by atoms with Gasteiger partial charge in [-0.3, -0.25) is 9.59 Å². The average Bonchev–Trinajstić information content (AvgIpc) is 3.38. The first-order chi connectivity index (χ1) is 16.4. The average molecular weight is 499 g/mol. The minimum absolute atomic E-state index is 0.0164. The van der Waals surface area contributed by atoms with Gasteiger partial charge in [-0.05, 0) is 61.2 Å². The van der Waals surface area contributed by atoms with Crippen molar-refractivity contribution in [1.82, 2.24) is 9.97 Å². The molecule has 1 aromatic heterocycles. The van der Waals surface area contributed by atoms with Gasteiger partial charge in [-0.1, -0.05) is 30.8 Å². The number of nitrogens with one attached hydrogen (secondary N) is 2. The van der Waals surface area contributed by atoms with E-state index in [0.717, 1.165) is 56.0 Å². The van der Waals surface area contributed by atoms with Crippen molar-refractivity contribution in [2.75, 3.05) is 29.1 Å². The Bertz CT molecular complexity index is 1310. The Balaban J connectivity index is 1.40. The Kier molecular flexibility index (Phi) is 7.38. The van der Waals surface area contributed by atoms with Crippen LogP contribution in [0.2, 0.25) is 0 Å². The highest BCUT2D eigenvalue weighted by Crippen LogP contribution is 2.24. The molecule has 1 amide bonds. The lowest BCUT2D eigenvalue weighted by atomic mass is 10.1. The molecule has 1 aliphatic heterocycles. The minimum Gasteiger partial charge on any atom is -0.372 e. The summed E-state index contributed by atoms with van der Waals surface area (Å²) in [7, 11) is -4.02. The second-order valence-corrected chi connectivity index (χ2v) is 10.8. The van der Waals surface area contributed by atoms with Crippen molar-refractivity contribution in [2.24, 2.45) is 0 Å². The fourth-order valence-corrected chi connectivity index (χ4v) is 5.59. The summed E-state index contributed by atoms with van der Waals surface area (Å²) in [6.45, 7) is 3.97. The summed E-state index contributed by atoms with van der Waals surface area (Å²) in [5.41, 5.74) is 2.06. The number of hydrogen-bond acceptors (Lipinski definition) is 7. The number of sulfone groups is 1. The summed E-state index contributed by atoms with van der Waals surface area (Å²) < 4.78 is 25.9. The first kappa shape index (κ1) is 24.0. The molecular weight excluding hydrogens is 472 g/mol. The highest BCUT2D eigenvalue weighted by molar-refractivity contribution is 7.99. The number of anilines is 2. The van der Waals surface area contributed by atoms with E-state index in [1.165, 1.54) is 17.7 Å². The molecule has 2 N–H and O–H groups in total. The predicted octanol–water partition coefficient (Wildman–Crippen LogP) is 3.50. The molecule has 8 nitrogen and oxygen atoms in total. The highest BCUT2D eigenvalue weighted by Gasteiger charge is 2.23. The van der Waals surface area contributed by atoms with Gasteiger partial charge in [0.2, 0.25) is 15.7 Å². The zero-order valence-electron chi connectivity index (χ0n) is 18.8. The smallest absolute Gasteiger partial charge is 0.270 e. The number of thioether (sulfide) groups is 1. The predicted molar refractivity (Wildman–Crippen MR) is 133 cm³/mol. The minimum atomic E-state index is -4.02. The molecule has 4 rings (SSSR count). The number of H-pyrrole nitrogens is 1. The highest BCUT2D eigenvalue weighted by atomic mass is 32.2. The first-order valence-electron chi connectivity index (χ1n) is 11.1. The quantitative estimate of drug-likeness (QED) is 0.361. The van der Waals surface area contributed by atoms with Gasteiger partial charge in [-0.15, -0.1) is 0 Å². The van der Waals surface area contributed by atoms with Crippen LogP contribution in [-0.2, 0) is 21.1 Å². The van der Waals surface area contributed by atoms with Crippen LogP contribution >= 0.6 is 11.8 Å². The summed E-state index contributed by atoms with van der Waals surface area (Å²) in [6, 6.07) is 14.1. The Labute approximate surface area is 202 Å². The maximum absolute atomic E-state index is 13.0. The van der Waals surface area contributed by atoms with Crippen molar-refractivity contribution in [1.29, 1.82) is 0 Å². The van der Waals surface area contributed by atoms with Crippen LogP contribution in [0, 0.1) is 0 Å². The fourth-order valence-electron chi connectivity index (χ4n) is 3.72. The van der Waals surface area contributed by atoms with Crippen LogP contribution in [0.1, 0.15) is 25.3 Å². The van der Waals surface area contributed by atoms with Crippen LogP contribution in [0.5, 0.6) is 0 Å². The Morgan fingerprint density at radius 3 is 2.38 bits per heavy atom. The lowest BCUT2D eigenvalue weighted by Gasteiger charge is -2.17. The molecule has 2 aromatic carbocycles. The van der Waals surface area contributed by atoms with Crippen molar-refractivity contribution in [3.8, 4) is 0 Å². The van der Waals surface area contributed by atoms with E-state index in [1.807, 2.05) is 24.3 Å². The molecule has 10 heteroatoms. The van der Waals surface area contributed by atoms with Crippen LogP contribution in [-0.4, -0.2) is 43.1 Å². The van der Waals surface area contributed by atoms with Crippen LogP contribution in [0.4, 0.5) is 11.4 Å². The van der Waals surface area contributed by atoms with Gasteiger partial charge < -0.3 is 15.2 Å². The first-order valence-corrected chi connectivity index (χ1v) is 13.5. The molecule has 0 unspecified atom stereocenters. The van der Waals surface area contributed by atoms with Crippen molar-refractivity contribution in [3.63, 3.8) is 0 Å². The molecule has 1 fully saturated rings. The fraction of sp³-hybridized carbons (Fsp3) is 0.292. The van der Waals surface area contributed by atoms with Gasteiger partial charge in [-0.25, -0.2) is 13.4 Å². The molecule has 3 aromatic rings. The molecule has 34 heavy (non-hydrogen) atoms. The molecule has 0 aliphatic carbocycles. The van der Waals surface area contributed by atoms with E-state index < -0.39 is 20.3 Å². The number of carbonyl (C=O) groups excluding carboxylic acids is 1. The van der Waals surface area contributed by atoms with Gasteiger partial charge in [0.1, 0.15) is 0 Å². The SMILES string of the molecule is CCc1ccc(NC(=O)CSc2ncc(S(=O)(=O)c3ccc(N4CCCC4)cc3)c(=O)[nH]2)cc1. The number of nitrogens with zero attached hydrogens (tertiary/aromatic N) is 2. The lowest BCUT2D eigenvalue weighted by Crippen LogP contribution is -2.20. The molecule has 1 saturated heterocycles. The summed E-state index contributed by atoms with van der Waals surface area (Å²) >= 11 is 1.02. The number of carbonyl (C=O) groups is 1. The number of hydrogen-bond donors (Lipinski definition) is 2. The van der Waals surface area contributed by atoms with E-state index in [9.17, 15) is 18.0 Å². The van der Waals surface area contributed by atoms with Gasteiger partial charge in [0, 0.05) is 24.5 Å². The van der Waals surface area contributed by atoms with Gasteiger partial charge >= 0.3 is 0 Å². The third kappa shape index (κ3) is 5.51. The van der Waals surface area contributed by atoms with Gasteiger partial charge in [0.15, 0.2) is 10.1 Å². The molecule has 0 spiro atoms. The summed E-state index contributed by atoms with van der Waals surface area (Å²) in [5, 5.41) is 2.95. The molecule has 0 radical (unpaired) electrons. The molecule has 0 saturated carbocycles. The maximum atomic E-state index is 13.0. The van der Waals surface area contributed by atoms with E-state index >= 15 is 0 Å². The van der Waals surface area contributed by atoms with Gasteiger partial charge in [-0.2, -0.15) is 0 Å². The third-order valence-electron chi connectivity index (χ3n) is 5.64. The zero-order valence-corrected chi connectivity index (χ0v) is 20.4. The van der Waals surface area contributed by atoms with E-state index in [2.05, 4.69) is 27.1 Å². The molecule has 178 valence electrons. The van der Waals surface area contributed by atoms with E-state index in [4.69, 9.17) is 0 Å². The summed E-state index contributed by atoms with van der Waals surface area (Å²) in [6.07, 6.45) is 4.21. The third-order valence-corrected chi connectivity index (χ3v) is 8.29. The maximum Gasteiger partial charge on any atom is 0.270 e. The second-order valence-electron chi connectivity index (χ2n) is 7.96. The van der Waals surface area contributed by atoms with Crippen LogP contribution in [0.15, 0.2) is 74.5 Å². The Hall–Kier alpha value is -3.11. The second kappa shape index (κ2) is 10.4. The molecule has 0 atom stereocenters. The summed E-state index contributed by atoms with van der Waals surface area (Å²) in [5.74, 6) is -0.241. The van der Waals surface area contributed by atoms with Crippen molar-refractivity contribution in [3.05, 3.63) is 70.6 Å². The monoisotopic (exact) mass is 498 g/mol. The normalized spacial score (nSPS) is 13.7. The van der Waals surface area contributed by atoms with Crippen molar-refractivity contribution < 1.29 is 13.2 Å². The number of amides is 1. The number of benzene rings is 2. The molecule has 1 aliphatic rings. The number of rotatable bonds is 8. The van der Waals surface area contributed by atoms with E-state index in [-0.39, 0.29) is 21.7 Å². The molecule has 0 bridgehead atoms. The van der Waals surface area contributed by atoms with Crippen molar-refractivity contribution >= 4 is 38.9 Å². The Morgan fingerprint density at radius 2 is 1.76 bits per heavy atom. The van der Waals surface area contributed by atoms with Crippen molar-refractivity contribution in [2.45, 2.75) is 41.1 Å². The van der Waals surface area contributed by atoms with Gasteiger partial charge in [0.25, 0.3) is 5.56 Å². The lowest BCUT2D eigenvalue weighted by molar-refractivity contribution is -0.113. The zero-order chi connectivity index (χ0) is 24.1. The summed E-state index contributed by atoms with van der Waals surface area (Å²) in [4.78, 5) is 33.1. The van der Waals surface area contributed by atoms with Crippen LogP contribution in [0.3, 0.4) is 0 Å². The van der Waals surface area contributed by atoms with Gasteiger partial charge in [0.05, 0.1) is 16.8 Å². The standard InChI is InChI=1S/C24H26N4O4S2/c1-2-17-5-7-18(8-6-17)26-22(29)16-33-24-25-15-21(23(30)27-24)34(31,32)20-11-9-19(10-12-20)28-13-3-4-14-28/h5-12,15H,2-4,13-14,16H2,1H3,(H,26,29)(H,25,27,30). The van der Waals surface area contributed by atoms with E-state index in [0.29, 0.717) is 5.69 Å². The van der Waals surface area contributed by atoms with Crippen LogP contribution < -0.4 is 15.8 Å². The Morgan fingerprint density at radius 1 is 1.09 bits per heavy atom. The molecular formula is C24H26N4O4S2. The molecule has 2 heterocycles.